The Morgan fingerprint density at radius 1 is 0.864 bits per heavy atom. The second kappa shape index (κ2) is 5.60. The van der Waals surface area contributed by atoms with Gasteiger partial charge in [-0.3, -0.25) is 4.57 Å². The van der Waals surface area contributed by atoms with Gasteiger partial charge in [-0.15, -0.1) is 0 Å². The Balaban J connectivity index is 2.22. The van der Waals surface area contributed by atoms with Crippen molar-refractivity contribution in [2.75, 3.05) is 0 Å². The molecule has 0 unspecified atom stereocenters. The van der Waals surface area contributed by atoms with E-state index in [4.69, 9.17) is 0 Å². The van der Waals surface area contributed by atoms with Crippen LogP contribution in [0.15, 0.2) is 59.4 Å². The standard InChI is InChI=1S/C19H18N2O/c1-13-6-4-8-15(10-13)17-12-18(21(3)19(22)20-17)16-9-5-7-14(2)11-16/h4-12H,1-3H3. The zero-order valence-electron chi connectivity index (χ0n) is 13.0. The van der Waals surface area contributed by atoms with E-state index in [9.17, 15) is 4.79 Å². The van der Waals surface area contributed by atoms with Gasteiger partial charge < -0.3 is 0 Å². The fourth-order valence-corrected chi connectivity index (χ4v) is 2.57. The molecule has 2 aromatic carbocycles. The second-order valence-corrected chi connectivity index (χ2v) is 5.61. The molecule has 3 rings (SSSR count). The van der Waals surface area contributed by atoms with Crippen LogP contribution in [0.4, 0.5) is 0 Å². The summed E-state index contributed by atoms with van der Waals surface area (Å²) in [6.07, 6.45) is 0. The zero-order valence-corrected chi connectivity index (χ0v) is 13.0. The molecule has 0 radical (unpaired) electrons. The zero-order chi connectivity index (χ0) is 15.7. The van der Waals surface area contributed by atoms with Crippen molar-refractivity contribution in [1.82, 2.24) is 9.55 Å². The smallest absolute Gasteiger partial charge is 0.295 e. The molecule has 0 bridgehead atoms. The Morgan fingerprint density at radius 2 is 1.45 bits per heavy atom. The van der Waals surface area contributed by atoms with Crippen molar-refractivity contribution in [3.63, 3.8) is 0 Å². The predicted molar refractivity (Wildman–Crippen MR) is 89.8 cm³/mol. The molecule has 0 aliphatic carbocycles. The number of hydrogen-bond donors (Lipinski definition) is 0. The van der Waals surface area contributed by atoms with Gasteiger partial charge in [-0.1, -0.05) is 47.5 Å². The first-order chi connectivity index (χ1) is 10.5. The molecular weight excluding hydrogens is 272 g/mol. The second-order valence-electron chi connectivity index (χ2n) is 5.61. The van der Waals surface area contributed by atoms with Crippen LogP contribution in [0.5, 0.6) is 0 Å². The number of hydrogen-bond acceptors (Lipinski definition) is 2. The molecule has 1 aromatic heterocycles. The maximum atomic E-state index is 12.2. The lowest BCUT2D eigenvalue weighted by Crippen LogP contribution is -2.22. The SMILES string of the molecule is Cc1cccc(-c2cc(-c3cccc(C)c3)n(C)c(=O)n2)c1. The summed E-state index contributed by atoms with van der Waals surface area (Å²) in [4.78, 5) is 16.4. The van der Waals surface area contributed by atoms with E-state index >= 15 is 0 Å². The lowest BCUT2D eigenvalue weighted by Gasteiger charge is -2.11. The quantitative estimate of drug-likeness (QED) is 0.721. The maximum absolute atomic E-state index is 12.2. The van der Waals surface area contributed by atoms with Crippen molar-refractivity contribution in [3.8, 4) is 22.5 Å². The van der Waals surface area contributed by atoms with Gasteiger partial charge in [-0.2, -0.15) is 4.98 Å². The first-order valence-corrected chi connectivity index (χ1v) is 7.27. The minimum Gasteiger partial charge on any atom is -0.295 e. The van der Waals surface area contributed by atoms with Gasteiger partial charge in [-0.05, 0) is 37.6 Å². The van der Waals surface area contributed by atoms with Crippen LogP contribution in [-0.4, -0.2) is 9.55 Å². The summed E-state index contributed by atoms with van der Waals surface area (Å²) in [6.45, 7) is 4.08. The van der Waals surface area contributed by atoms with E-state index in [0.717, 1.165) is 22.4 Å². The normalized spacial score (nSPS) is 10.7. The van der Waals surface area contributed by atoms with Gasteiger partial charge >= 0.3 is 5.69 Å². The molecule has 0 atom stereocenters. The van der Waals surface area contributed by atoms with Gasteiger partial charge in [0.2, 0.25) is 0 Å². The highest BCUT2D eigenvalue weighted by molar-refractivity contribution is 5.68. The fourth-order valence-electron chi connectivity index (χ4n) is 2.57. The van der Waals surface area contributed by atoms with Crippen molar-refractivity contribution in [2.45, 2.75) is 13.8 Å². The van der Waals surface area contributed by atoms with E-state index in [1.54, 1.807) is 11.6 Å². The van der Waals surface area contributed by atoms with Crippen molar-refractivity contribution < 1.29 is 0 Å². The summed E-state index contributed by atoms with van der Waals surface area (Å²) in [7, 11) is 1.76. The molecule has 0 aliphatic rings. The van der Waals surface area contributed by atoms with Crippen LogP contribution in [0.2, 0.25) is 0 Å². The molecule has 0 aliphatic heterocycles. The van der Waals surface area contributed by atoms with Crippen LogP contribution in [0.1, 0.15) is 11.1 Å². The predicted octanol–water partition coefficient (Wildman–Crippen LogP) is 3.73. The van der Waals surface area contributed by atoms with E-state index in [0.29, 0.717) is 5.69 Å². The van der Waals surface area contributed by atoms with Gasteiger partial charge in [0.25, 0.3) is 0 Å². The van der Waals surface area contributed by atoms with Crippen molar-refractivity contribution in [2.24, 2.45) is 7.05 Å². The summed E-state index contributed by atoms with van der Waals surface area (Å²) in [5.74, 6) is 0. The van der Waals surface area contributed by atoms with Crippen LogP contribution in [0, 0.1) is 13.8 Å². The Morgan fingerprint density at radius 3 is 2.09 bits per heavy atom. The molecule has 0 saturated carbocycles. The molecule has 1 heterocycles. The van der Waals surface area contributed by atoms with E-state index < -0.39 is 0 Å². The Hall–Kier alpha value is -2.68. The first kappa shape index (κ1) is 14.3. The van der Waals surface area contributed by atoms with Crippen molar-refractivity contribution in [1.29, 1.82) is 0 Å². The van der Waals surface area contributed by atoms with Gasteiger partial charge in [0.05, 0.1) is 11.4 Å². The average Bonchev–Trinajstić information content (AvgIpc) is 2.50. The highest BCUT2D eigenvalue weighted by Gasteiger charge is 2.09. The van der Waals surface area contributed by atoms with Crippen LogP contribution in [0.25, 0.3) is 22.5 Å². The molecule has 22 heavy (non-hydrogen) atoms. The topological polar surface area (TPSA) is 34.9 Å². The van der Waals surface area contributed by atoms with Crippen LogP contribution < -0.4 is 5.69 Å². The average molecular weight is 290 g/mol. The van der Waals surface area contributed by atoms with E-state index in [1.807, 2.05) is 62.4 Å². The van der Waals surface area contributed by atoms with Crippen molar-refractivity contribution >= 4 is 0 Å². The number of aromatic nitrogens is 2. The number of nitrogens with zero attached hydrogens (tertiary/aromatic N) is 2. The van der Waals surface area contributed by atoms with Crippen molar-refractivity contribution in [3.05, 3.63) is 76.2 Å². The highest BCUT2D eigenvalue weighted by Crippen LogP contribution is 2.24. The Bertz CT molecular complexity index is 894. The van der Waals surface area contributed by atoms with E-state index in [-0.39, 0.29) is 5.69 Å². The maximum Gasteiger partial charge on any atom is 0.348 e. The number of aryl methyl sites for hydroxylation is 2. The Labute approximate surface area is 129 Å². The van der Waals surface area contributed by atoms with Crippen LogP contribution in [-0.2, 0) is 7.05 Å². The molecule has 110 valence electrons. The molecule has 0 saturated heterocycles. The first-order valence-electron chi connectivity index (χ1n) is 7.27. The third kappa shape index (κ3) is 2.70. The third-order valence-corrected chi connectivity index (χ3v) is 3.77. The molecule has 3 heteroatoms. The third-order valence-electron chi connectivity index (χ3n) is 3.77. The summed E-state index contributed by atoms with van der Waals surface area (Å²) in [6, 6.07) is 18.2. The molecule has 3 nitrogen and oxygen atoms in total. The summed E-state index contributed by atoms with van der Waals surface area (Å²) in [5, 5.41) is 0. The van der Waals surface area contributed by atoms with Gasteiger partial charge in [-0.25, -0.2) is 4.79 Å². The molecular formula is C19H18N2O. The molecule has 0 fully saturated rings. The molecule has 0 amide bonds. The number of benzene rings is 2. The van der Waals surface area contributed by atoms with E-state index in [1.165, 1.54) is 5.56 Å². The van der Waals surface area contributed by atoms with Crippen LogP contribution >= 0.6 is 0 Å². The largest absolute Gasteiger partial charge is 0.348 e. The lowest BCUT2D eigenvalue weighted by atomic mass is 10.0. The summed E-state index contributed by atoms with van der Waals surface area (Å²) in [5.41, 5.74) is 5.65. The Kier molecular flexibility index (Phi) is 3.63. The minimum atomic E-state index is -0.240. The van der Waals surface area contributed by atoms with E-state index in [2.05, 4.69) is 11.1 Å². The lowest BCUT2D eigenvalue weighted by molar-refractivity contribution is 0.822. The highest BCUT2D eigenvalue weighted by atomic mass is 16.1. The summed E-state index contributed by atoms with van der Waals surface area (Å²) >= 11 is 0. The van der Waals surface area contributed by atoms with Gasteiger partial charge in [0.1, 0.15) is 0 Å². The molecule has 0 N–H and O–H groups in total. The van der Waals surface area contributed by atoms with Gasteiger partial charge in [0.15, 0.2) is 0 Å². The van der Waals surface area contributed by atoms with Crippen LogP contribution in [0.3, 0.4) is 0 Å². The minimum absolute atomic E-state index is 0.240. The molecule has 0 spiro atoms. The fraction of sp³-hybridized carbons (Fsp3) is 0.158. The van der Waals surface area contributed by atoms with Gasteiger partial charge in [0, 0.05) is 12.6 Å². The summed E-state index contributed by atoms with van der Waals surface area (Å²) < 4.78 is 1.59. The number of rotatable bonds is 2. The molecule has 3 aromatic rings. The monoisotopic (exact) mass is 290 g/mol.